The van der Waals surface area contributed by atoms with Crippen molar-refractivity contribution >= 4 is 38.6 Å². The number of hydrogen-bond donors (Lipinski definition) is 0. The number of carbonyl (C=O) groups is 1. The second-order valence-corrected chi connectivity index (χ2v) is 5.16. The molecule has 2 aromatic heterocycles. The van der Waals surface area contributed by atoms with Crippen LogP contribution in [0.3, 0.4) is 0 Å². The Hall–Kier alpha value is -2.78. The van der Waals surface area contributed by atoms with E-state index in [0.29, 0.717) is 5.56 Å². The third-order valence-electron chi connectivity index (χ3n) is 3.35. The highest BCUT2D eigenvalue weighted by Gasteiger charge is 2.13. The van der Waals surface area contributed by atoms with Crippen molar-refractivity contribution < 1.29 is 4.79 Å². The largest absolute Gasteiger partial charge is 0.276 e. The Kier molecular flexibility index (Phi) is 4.60. The van der Waals surface area contributed by atoms with Crippen LogP contribution in [-0.4, -0.2) is 15.2 Å². The van der Waals surface area contributed by atoms with Gasteiger partial charge in [0.05, 0.1) is 16.6 Å². The zero-order chi connectivity index (χ0) is 16.1. The van der Waals surface area contributed by atoms with E-state index < -0.39 is 5.24 Å². The first-order valence-electron chi connectivity index (χ1n) is 7.09. The number of para-hydroxylation sites is 2. The minimum absolute atomic E-state index is 0.445. The van der Waals surface area contributed by atoms with Gasteiger partial charge in [0.15, 0.2) is 0 Å². The molecule has 23 heavy (non-hydrogen) atoms. The fraction of sp³-hybridized carbons (Fsp3) is 0. The van der Waals surface area contributed by atoms with Crippen molar-refractivity contribution in [2.24, 2.45) is 0 Å². The van der Waals surface area contributed by atoms with Crippen molar-refractivity contribution in [2.75, 3.05) is 0 Å². The second-order valence-electron chi connectivity index (χ2n) is 4.82. The van der Waals surface area contributed by atoms with E-state index in [-0.39, 0.29) is 0 Å². The maximum Gasteiger partial charge on any atom is 0.253 e. The highest BCUT2D eigenvalue weighted by atomic mass is 35.5. The fourth-order valence-electron chi connectivity index (χ4n) is 2.36. The Labute approximate surface area is 138 Å². The van der Waals surface area contributed by atoms with Gasteiger partial charge in [-0.15, -0.1) is 0 Å². The van der Waals surface area contributed by atoms with Gasteiger partial charge in [0.1, 0.15) is 0 Å². The Balaban J connectivity index is 0.000000220. The Morgan fingerprint density at radius 1 is 0.739 bits per heavy atom. The van der Waals surface area contributed by atoms with Gasteiger partial charge in [-0.3, -0.25) is 9.78 Å². The molecule has 4 aromatic rings. The van der Waals surface area contributed by atoms with Crippen molar-refractivity contribution in [1.82, 2.24) is 9.97 Å². The SMILES string of the molecule is O=C(Cl)c1c2ccccc2nc2ccccc12.c1ccncc1. The van der Waals surface area contributed by atoms with E-state index in [4.69, 9.17) is 11.6 Å². The van der Waals surface area contributed by atoms with Crippen LogP contribution < -0.4 is 0 Å². The summed E-state index contributed by atoms with van der Waals surface area (Å²) in [5.41, 5.74) is 2.11. The minimum atomic E-state index is -0.445. The summed E-state index contributed by atoms with van der Waals surface area (Å²) in [7, 11) is 0. The number of benzene rings is 2. The lowest BCUT2D eigenvalue weighted by Crippen LogP contribution is -1.95. The van der Waals surface area contributed by atoms with Gasteiger partial charge < -0.3 is 0 Å². The van der Waals surface area contributed by atoms with Gasteiger partial charge >= 0.3 is 0 Å². The first-order chi connectivity index (χ1) is 11.3. The second kappa shape index (κ2) is 6.99. The van der Waals surface area contributed by atoms with E-state index in [1.54, 1.807) is 12.4 Å². The van der Waals surface area contributed by atoms with Crippen LogP contribution in [0.5, 0.6) is 0 Å². The average Bonchev–Trinajstić information content (AvgIpc) is 2.61. The van der Waals surface area contributed by atoms with Crippen molar-refractivity contribution in [1.29, 1.82) is 0 Å². The summed E-state index contributed by atoms with van der Waals surface area (Å²) in [6.07, 6.45) is 3.50. The highest BCUT2D eigenvalue weighted by Crippen LogP contribution is 2.26. The summed E-state index contributed by atoms with van der Waals surface area (Å²) in [5.74, 6) is 0. The Morgan fingerprint density at radius 3 is 1.65 bits per heavy atom. The van der Waals surface area contributed by atoms with Gasteiger partial charge in [-0.2, -0.15) is 0 Å². The molecule has 0 radical (unpaired) electrons. The molecule has 0 fully saturated rings. The Bertz CT molecular complexity index is 874. The summed E-state index contributed by atoms with van der Waals surface area (Å²) >= 11 is 5.69. The van der Waals surface area contributed by atoms with Crippen molar-refractivity contribution in [2.45, 2.75) is 0 Å². The number of pyridine rings is 2. The maximum absolute atomic E-state index is 11.6. The summed E-state index contributed by atoms with van der Waals surface area (Å²) in [6, 6.07) is 20.8. The fourth-order valence-corrected chi connectivity index (χ4v) is 2.57. The van der Waals surface area contributed by atoms with E-state index in [2.05, 4.69) is 9.97 Å². The van der Waals surface area contributed by atoms with Crippen LogP contribution in [-0.2, 0) is 0 Å². The smallest absolute Gasteiger partial charge is 0.253 e. The van der Waals surface area contributed by atoms with Gasteiger partial charge in [-0.25, -0.2) is 4.98 Å². The third kappa shape index (κ3) is 3.35. The summed E-state index contributed by atoms with van der Waals surface area (Å²) in [6.45, 7) is 0. The van der Waals surface area contributed by atoms with Crippen LogP contribution in [0.2, 0.25) is 0 Å². The van der Waals surface area contributed by atoms with E-state index >= 15 is 0 Å². The molecule has 0 amide bonds. The molecule has 2 heterocycles. The van der Waals surface area contributed by atoms with E-state index in [0.717, 1.165) is 21.8 Å². The van der Waals surface area contributed by atoms with Gasteiger partial charge in [0.25, 0.3) is 5.24 Å². The maximum atomic E-state index is 11.6. The number of carbonyl (C=O) groups excluding carboxylic acids is 1. The predicted molar refractivity (Wildman–Crippen MR) is 93.7 cm³/mol. The molecule has 0 aliphatic rings. The normalized spacial score (nSPS) is 10.1. The zero-order valence-electron chi connectivity index (χ0n) is 12.2. The number of rotatable bonds is 1. The molecule has 0 N–H and O–H groups in total. The lowest BCUT2D eigenvalue weighted by atomic mass is 10.0. The summed E-state index contributed by atoms with van der Waals surface area (Å²) in [4.78, 5) is 19.9. The van der Waals surface area contributed by atoms with Crippen molar-refractivity contribution in [3.63, 3.8) is 0 Å². The number of aromatic nitrogens is 2. The van der Waals surface area contributed by atoms with Crippen LogP contribution in [0.1, 0.15) is 10.4 Å². The predicted octanol–water partition coefficient (Wildman–Crippen LogP) is 4.85. The molecule has 3 nitrogen and oxygen atoms in total. The van der Waals surface area contributed by atoms with Gasteiger partial charge in [-0.05, 0) is 35.9 Å². The topological polar surface area (TPSA) is 42.9 Å². The quantitative estimate of drug-likeness (QED) is 0.372. The molecule has 0 aliphatic heterocycles. The van der Waals surface area contributed by atoms with E-state index in [1.165, 1.54) is 0 Å². The number of halogens is 1. The van der Waals surface area contributed by atoms with Gasteiger partial charge in [0, 0.05) is 23.2 Å². The van der Waals surface area contributed by atoms with Crippen LogP contribution in [0.4, 0.5) is 0 Å². The standard InChI is InChI=1S/C14H8ClNO.C5H5N/c15-14(17)13-9-5-1-3-7-11(9)16-12-8-4-2-6-10(12)13;1-2-4-6-5-3-1/h1-8H;1-5H. The molecule has 0 aliphatic carbocycles. The first-order valence-corrected chi connectivity index (χ1v) is 7.47. The van der Waals surface area contributed by atoms with E-state index in [1.807, 2.05) is 66.7 Å². The molecular formula is C19H13ClN2O. The van der Waals surface area contributed by atoms with E-state index in [9.17, 15) is 4.79 Å². The molecule has 0 saturated heterocycles. The molecule has 112 valence electrons. The Morgan fingerprint density at radius 2 is 1.26 bits per heavy atom. The molecule has 2 aromatic carbocycles. The summed E-state index contributed by atoms with van der Waals surface area (Å²) in [5, 5.41) is 1.15. The van der Waals surface area contributed by atoms with Gasteiger partial charge in [0.2, 0.25) is 0 Å². The van der Waals surface area contributed by atoms with Gasteiger partial charge in [-0.1, -0.05) is 42.5 Å². The molecular weight excluding hydrogens is 308 g/mol. The molecule has 0 spiro atoms. The molecule has 4 heteroatoms. The molecule has 0 saturated carbocycles. The lowest BCUT2D eigenvalue weighted by Gasteiger charge is -2.06. The number of fused-ring (bicyclic) bond motifs is 2. The minimum Gasteiger partial charge on any atom is -0.276 e. The number of hydrogen-bond acceptors (Lipinski definition) is 3. The molecule has 0 unspecified atom stereocenters. The highest BCUT2D eigenvalue weighted by molar-refractivity contribution is 6.69. The molecule has 0 bridgehead atoms. The molecule has 4 rings (SSSR count). The first kappa shape index (κ1) is 15.1. The van der Waals surface area contributed by atoms with Crippen molar-refractivity contribution in [3.05, 3.63) is 84.7 Å². The summed E-state index contributed by atoms with van der Waals surface area (Å²) < 4.78 is 0. The van der Waals surface area contributed by atoms with Crippen LogP contribution in [0.25, 0.3) is 21.8 Å². The monoisotopic (exact) mass is 320 g/mol. The van der Waals surface area contributed by atoms with Crippen LogP contribution >= 0.6 is 11.6 Å². The lowest BCUT2D eigenvalue weighted by molar-refractivity contribution is 0.108. The zero-order valence-corrected chi connectivity index (χ0v) is 12.9. The van der Waals surface area contributed by atoms with Crippen LogP contribution in [0, 0.1) is 0 Å². The number of nitrogens with zero attached hydrogens (tertiary/aromatic N) is 2. The van der Waals surface area contributed by atoms with Crippen LogP contribution in [0.15, 0.2) is 79.1 Å². The molecule has 0 atom stereocenters. The third-order valence-corrected chi connectivity index (χ3v) is 3.54. The average molecular weight is 321 g/mol. The van der Waals surface area contributed by atoms with Crippen molar-refractivity contribution in [3.8, 4) is 0 Å².